The number of aldehydes is 1. The number of benzene rings is 1. The first-order valence-electron chi connectivity index (χ1n) is 4.61. The van der Waals surface area contributed by atoms with Crippen molar-refractivity contribution in [2.24, 2.45) is 0 Å². The highest BCUT2D eigenvalue weighted by Gasteiger charge is 2.05. The van der Waals surface area contributed by atoms with Crippen LogP contribution in [0.4, 0.5) is 4.39 Å². The van der Waals surface area contributed by atoms with E-state index in [1.165, 1.54) is 12.1 Å². The number of hydrogen-bond acceptors (Lipinski definition) is 2. The third kappa shape index (κ3) is 2.19. The minimum absolute atomic E-state index is 0.295. The Morgan fingerprint density at radius 3 is 3.00 bits per heavy atom. The summed E-state index contributed by atoms with van der Waals surface area (Å²) in [6, 6.07) is 4.46. The lowest BCUT2D eigenvalue weighted by atomic mass is 10.2. The van der Waals surface area contributed by atoms with E-state index in [-0.39, 0.29) is 5.82 Å². The minimum atomic E-state index is -0.295. The van der Waals surface area contributed by atoms with Crippen molar-refractivity contribution in [1.29, 1.82) is 0 Å². The summed E-state index contributed by atoms with van der Waals surface area (Å²) >= 11 is 3.28. The molecule has 0 aliphatic carbocycles. The highest BCUT2D eigenvalue weighted by molar-refractivity contribution is 9.10. The Hall–Kier alpha value is -1.49. The van der Waals surface area contributed by atoms with Gasteiger partial charge in [0, 0.05) is 16.9 Å². The largest absolute Gasteiger partial charge is 0.324 e. The van der Waals surface area contributed by atoms with Gasteiger partial charge in [-0.15, -0.1) is 0 Å². The Kier molecular flexibility index (Phi) is 3.14. The van der Waals surface area contributed by atoms with Crippen molar-refractivity contribution in [3.63, 3.8) is 0 Å². The van der Waals surface area contributed by atoms with E-state index in [0.717, 1.165) is 5.56 Å². The molecule has 0 unspecified atom stereocenters. The molecule has 0 amide bonds. The molecule has 16 heavy (non-hydrogen) atoms. The Balaban J connectivity index is 2.30. The van der Waals surface area contributed by atoms with Crippen LogP contribution in [0.3, 0.4) is 0 Å². The summed E-state index contributed by atoms with van der Waals surface area (Å²) in [6.07, 6.45) is 3.96. The molecule has 82 valence electrons. The molecule has 0 fully saturated rings. The molecule has 0 aliphatic rings. The van der Waals surface area contributed by atoms with Crippen LogP contribution >= 0.6 is 15.9 Å². The smallest absolute Gasteiger partial charge is 0.185 e. The van der Waals surface area contributed by atoms with E-state index in [1.807, 2.05) is 0 Å². The van der Waals surface area contributed by atoms with Gasteiger partial charge in [-0.05, 0) is 17.7 Å². The molecule has 0 bridgehead atoms. The van der Waals surface area contributed by atoms with Gasteiger partial charge in [-0.1, -0.05) is 22.0 Å². The first kappa shape index (κ1) is 11.0. The molecular formula is C11H8BrFN2O. The van der Waals surface area contributed by atoms with E-state index in [4.69, 9.17) is 0 Å². The fraction of sp³-hybridized carbons (Fsp3) is 0.0909. The summed E-state index contributed by atoms with van der Waals surface area (Å²) in [6.45, 7) is 0.481. The lowest BCUT2D eigenvalue weighted by molar-refractivity contribution is 0.111. The fourth-order valence-electron chi connectivity index (χ4n) is 1.41. The molecular weight excluding hydrogens is 275 g/mol. The molecule has 0 radical (unpaired) electrons. The second-order valence-corrected chi connectivity index (χ2v) is 4.12. The normalized spacial score (nSPS) is 10.4. The number of halogens is 2. The van der Waals surface area contributed by atoms with Crippen LogP contribution in [0.1, 0.15) is 16.2 Å². The molecule has 0 saturated carbocycles. The summed E-state index contributed by atoms with van der Waals surface area (Å²) in [5, 5.41) is 0. The number of aromatic nitrogens is 2. The first-order chi connectivity index (χ1) is 7.70. The molecule has 0 saturated heterocycles. The predicted molar refractivity (Wildman–Crippen MR) is 60.8 cm³/mol. The molecule has 1 aromatic carbocycles. The van der Waals surface area contributed by atoms with Crippen molar-refractivity contribution in [3.8, 4) is 0 Å². The average Bonchev–Trinajstić information content (AvgIpc) is 2.69. The van der Waals surface area contributed by atoms with Crippen molar-refractivity contribution < 1.29 is 9.18 Å². The predicted octanol–water partition coefficient (Wildman–Crippen LogP) is 2.65. The maximum absolute atomic E-state index is 12.9. The van der Waals surface area contributed by atoms with E-state index in [0.29, 0.717) is 23.1 Å². The zero-order chi connectivity index (χ0) is 11.5. The Bertz CT molecular complexity index is 524. The van der Waals surface area contributed by atoms with E-state index in [2.05, 4.69) is 20.9 Å². The summed E-state index contributed by atoms with van der Waals surface area (Å²) in [4.78, 5) is 14.5. The highest BCUT2D eigenvalue weighted by Crippen LogP contribution is 2.19. The zero-order valence-electron chi connectivity index (χ0n) is 8.23. The van der Waals surface area contributed by atoms with Gasteiger partial charge >= 0.3 is 0 Å². The van der Waals surface area contributed by atoms with E-state index >= 15 is 0 Å². The lowest BCUT2D eigenvalue weighted by Crippen LogP contribution is -2.04. The van der Waals surface area contributed by atoms with Gasteiger partial charge < -0.3 is 4.57 Å². The summed E-state index contributed by atoms with van der Waals surface area (Å²) in [5.41, 5.74) is 0.891. The van der Waals surface area contributed by atoms with Crippen molar-refractivity contribution in [2.45, 2.75) is 6.54 Å². The van der Waals surface area contributed by atoms with Crippen molar-refractivity contribution in [2.75, 3.05) is 0 Å². The summed E-state index contributed by atoms with van der Waals surface area (Å²) in [5.74, 6) is 0.0630. The molecule has 3 nitrogen and oxygen atoms in total. The molecule has 1 aromatic heterocycles. The van der Waals surface area contributed by atoms with Crippen LogP contribution in [0.15, 0.2) is 35.1 Å². The molecule has 0 atom stereocenters. The van der Waals surface area contributed by atoms with Gasteiger partial charge in [0.05, 0.1) is 6.54 Å². The van der Waals surface area contributed by atoms with Gasteiger partial charge in [0.15, 0.2) is 12.1 Å². The maximum atomic E-state index is 12.9. The monoisotopic (exact) mass is 282 g/mol. The number of imidazole rings is 1. The first-order valence-corrected chi connectivity index (χ1v) is 5.40. The maximum Gasteiger partial charge on any atom is 0.185 e. The lowest BCUT2D eigenvalue weighted by Gasteiger charge is -2.06. The molecule has 0 aliphatic heterocycles. The van der Waals surface area contributed by atoms with Gasteiger partial charge in [0.1, 0.15) is 5.82 Å². The van der Waals surface area contributed by atoms with Crippen molar-refractivity contribution in [1.82, 2.24) is 9.55 Å². The average molecular weight is 283 g/mol. The highest BCUT2D eigenvalue weighted by atomic mass is 79.9. The summed E-state index contributed by atoms with van der Waals surface area (Å²) in [7, 11) is 0. The number of carbonyl (C=O) groups excluding carboxylic acids is 1. The van der Waals surface area contributed by atoms with E-state index in [9.17, 15) is 9.18 Å². The van der Waals surface area contributed by atoms with Crippen LogP contribution in [0.5, 0.6) is 0 Å². The molecule has 0 spiro atoms. The fourth-order valence-corrected chi connectivity index (χ4v) is 1.88. The van der Waals surface area contributed by atoms with Gasteiger partial charge in [0.25, 0.3) is 0 Å². The van der Waals surface area contributed by atoms with Crippen LogP contribution in [-0.2, 0) is 6.54 Å². The van der Waals surface area contributed by atoms with Crippen LogP contribution in [0.25, 0.3) is 0 Å². The standard InChI is InChI=1S/C11H8BrFN2O/c12-10-5-9(13)2-1-8(10)6-15-4-3-14-11(15)7-16/h1-5,7H,6H2. The SMILES string of the molecule is O=Cc1nccn1Cc1ccc(F)cc1Br. The zero-order valence-corrected chi connectivity index (χ0v) is 9.82. The van der Waals surface area contributed by atoms with Crippen LogP contribution in [-0.4, -0.2) is 15.8 Å². The van der Waals surface area contributed by atoms with Gasteiger partial charge in [-0.25, -0.2) is 9.37 Å². The van der Waals surface area contributed by atoms with Crippen molar-refractivity contribution >= 4 is 22.2 Å². The summed E-state index contributed by atoms with van der Waals surface area (Å²) < 4.78 is 15.2. The molecule has 2 aromatic rings. The Labute approximate surface area is 100 Å². The molecule has 5 heteroatoms. The topological polar surface area (TPSA) is 34.9 Å². The van der Waals surface area contributed by atoms with Crippen LogP contribution in [0, 0.1) is 5.82 Å². The Morgan fingerprint density at radius 2 is 2.31 bits per heavy atom. The molecule has 2 rings (SSSR count). The van der Waals surface area contributed by atoms with Gasteiger partial charge in [0.2, 0.25) is 0 Å². The number of hydrogen-bond donors (Lipinski definition) is 0. The van der Waals surface area contributed by atoms with Gasteiger partial charge in [-0.2, -0.15) is 0 Å². The number of rotatable bonds is 3. The van der Waals surface area contributed by atoms with Crippen molar-refractivity contribution in [3.05, 3.63) is 52.3 Å². The minimum Gasteiger partial charge on any atom is -0.324 e. The second-order valence-electron chi connectivity index (χ2n) is 3.27. The third-order valence-corrected chi connectivity index (χ3v) is 2.95. The number of carbonyl (C=O) groups is 1. The van der Waals surface area contributed by atoms with E-state index < -0.39 is 0 Å². The molecule has 0 N–H and O–H groups in total. The van der Waals surface area contributed by atoms with Crippen LogP contribution in [0.2, 0.25) is 0 Å². The van der Waals surface area contributed by atoms with Gasteiger partial charge in [-0.3, -0.25) is 4.79 Å². The van der Waals surface area contributed by atoms with E-state index in [1.54, 1.807) is 23.0 Å². The van der Waals surface area contributed by atoms with Crippen LogP contribution < -0.4 is 0 Å². The quantitative estimate of drug-likeness (QED) is 0.812. The second kappa shape index (κ2) is 4.57. The number of nitrogens with zero attached hydrogens (tertiary/aromatic N) is 2. The third-order valence-electron chi connectivity index (χ3n) is 2.21. The molecule has 1 heterocycles. The Morgan fingerprint density at radius 1 is 1.50 bits per heavy atom.